The fraction of sp³-hybridized carbons (Fsp3) is 0.222. The van der Waals surface area contributed by atoms with E-state index in [2.05, 4.69) is 5.32 Å². The Bertz CT molecular complexity index is 792. The highest BCUT2D eigenvalue weighted by molar-refractivity contribution is 5.93. The number of nitrogens with zero attached hydrogens (tertiary/aromatic N) is 1. The molecule has 8 heteroatoms. The number of rotatable bonds is 8. The highest BCUT2D eigenvalue weighted by atomic mass is 16.6. The van der Waals surface area contributed by atoms with Gasteiger partial charge in [0, 0.05) is 17.8 Å². The number of nitro groups is 1. The maximum atomic E-state index is 11.8. The molecule has 0 saturated heterocycles. The first-order valence-electron chi connectivity index (χ1n) is 7.84. The number of anilines is 1. The van der Waals surface area contributed by atoms with Crippen LogP contribution in [0.5, 0.6) is 5.75 Å². The number of hydrogen-bond donors (Lipinski definition) is 1. The van der Waals surface area contributed by atoms with Crippen LogP contribution >= 0.6 is 0 Å². The summed E-state index contributed by atoms with van der Waals surface area (Å²) < 4.78 is 10.2. The lowest BCUT2D eigenvalue weighted by Crippen LogP contribution is -2.22. The Morgan fingerprint density at radius 1 is 1.15 bits per heavy atom. The van der Waals surface area contributed by atoms with Crippen LogP contribution in [0, 0.1) is 17.0 Å². The molecule has 0 bridgehead atoms. The van der Waals surface area contributed by atoms with E-state index in [1.165, 1.54) is 18.2 Å². The Kier molecular flexibility index (Phi) is 6.67. The Labute approximate surface area is 149 Å². The Balaban J connectivity index is 1.72. The van der Waals surface area contributed by atoms with E-state index in [0.717, 1.165) is 0 Å². The lowest BCUT2D eigenvalue weighted by Gasteiger charge is -2.09. The van der Waals surface area contributed by atoms with Gasteiger partial charge in [0.15, 0.2) is 6.61 Å². The van der Waals surface area contributed by atoms with E-state index in [1.807, 2.05) is 18.2 Å². The van der Waals surface area contributed by atoms with Crippen LogP contribution in [0.1, 0.15) is 12.0 Å². The summed E-state index contributed by atoms with van der Waals surface area (Å²) in [5.74, 6) is -0.442. The molecule has 0 spiro atoms. The lowest BCUT2D eigenvalue weighted by atomic mass is 10.2. The summed E-state index contributed by atoms with van der Waals surface area (Å²) in [5.41, 5.74) is 0.893. The van der Waals surface area contributed by atoms with Crippen molar-refractivity contribution in [3.05, 3.63) is 64.2 Å². The second-order valence-corrected chi connectivity index (χ2v) is 5.38. The van der Waals surface area contributed by atoms with Gasteiger partial charge in [0.05, 0.1) is 18.0 Å². The van der Waals surface area contributed by atoms with Crippen LogP contribution in [-0.2, 0) is 14.3 Å². The number of ether oxygens (including phenoxy) is 2. The minimum absolute atomic E-state index is 0.0126. The molecule has 0 fully saturated rings. The molecule has 8 nitrogen and oxygen atoms in total. The van der Waals surface area contributed by atoms with E-state index in [-0.39, 0.29) is 18.7 Å². The number of amides is 1. The first-order valence-corrected chi connectivity index (χ1v) is 7.84. The number of aryl methyl sites for hydroxylation is 1. The summed E-state index contributed by atoms with van der Waals surface area (Å²) in [7, 11) is 0. The normalized spacial score (nSPS) is 10.0. The van der Waals surface area contributed by atoms with E-state index >= 15 is 0 Å². The molecule has 0 heterocycles. The highest BCUT2D eigenvalue weighted by Gasteiger charge is 2.12. The summed E-state index contributed by atoms with van der Waals surface area (Å²) in [6.07, 6.45) is 0.0126. The zero-order valence-electron chi connectivity index (χ0n) is 14.1. The van der Waals surface area contributed by atoms with Crippen LogP contribution in [0.2, 0.25) is 0 Å². The van der Waals surface area contributed by atoms with Gasteiger partial charge in [-0.25, -0.2) is 0 Å². The van der Waals surface area contributed by atoms with E-state index in [1.54, 1.807) is 19.1 Å². The molecule has 0 aliphatic rings. The molecule has 26 heavy (non-hydrogen) atoms. The van der Waals surface area contributed by atoms with E-state index < -0.39 is 23.4 Å². The fourth-order valence-corrected chi connectivity index (χ4v) is 2.08. The van der Waals surface area contributed by atoms with Gasteiger partial charge in [-0.15, -0.1) is 0 Å². The number of non-ortho nitro benzene ring substituents is 1. The van der Waals surface area contributed by atoms with Gasteiger partial charge < -0.3 is 14.8 Å². The first-order chi connectivity index (χ1) is 12.5. The van der Waals surface area contributed by atoms with Crippen molar-refractivity contribution in [1.29, 1.82) is 0 Å². The van der Waals surface area contributed by atoms with Gasteiger partial charge in [0.1, 0.15) is 5.75 Å². The second-order valence-electron chi connectivity index (χ2n) is 5.38. The van der Waals surface area contributed by atoms with Crippen molar-refractivity contribution in [2.24, 2.45) is 0 Å². The molecule has 0 atom stereocenters. The SMILES string of the molecule is Cc1cc([N+](=O)[O-])ccc1NC(=O)COC(=O)CCOc1ccccc1. The molecule has 0 saturated carbocycles. The van der Waals surface area contributed by atoms with Crippen LogP contribution in [0.25, 0.3) is 0 Å². The number of nitrogens with one attached hydrogen (secondary N) is 1. The van der Waals surface area contributed by atoms with Crippen molar-refractivity contribution < 1.29 is 24.0 Å². The summed E-state index contributed by atoms with van der Waals surface area (Å²) in [4.78, 5) is 33.6. The topological polar surface area (TPSA) is 108 Å². The predicted molar refractivity (Wildman–Crippen MR) is 94.0 cm³/mol. The van der Waals surface area contributed by atoms with Crippen molar-refractivity contribution in [3.63, 3.8) is 0 Å². The monoisotopic (exact) mass is 358 g/mol. The standard InChI is InChI=1S/C18H18N2O6/c1-13-11-14(20(23)24)7-8-16(13)19-17(21)12-26-18(22)9-10-25-15-5-3-2-4-6-15/h2-8,11H,9-10,12H2,1H3,(H,19,21). The van der Waals surface area contributed by atoms with Crippen LogP contribution in [-0.4, -0.2) is 30.0 Å². The quantitative estimate of drug-likeness (QED) is 0.442. The van der Waals surface area contributed by atoms with Crippen molar-refractivity contribution in [3.8, 4) is 5.75 Å². The molecule has 0 aliphatic heterocycles. The zero-order valence-corrected chi connectivity index (χ0v) is 14.1. The number of nitro benzene ring substituents is 1. The molecule has 1 amide bonds. The molecule has 0 aromatic heterocycles. The summed E-state index contributed by atoms with van der Waals surface area (Å²) >= 11 is 0. The van der Waals surface area contributed by atoms with Gasteiger partial charge >= 0.3 is 5.97 Å². The summed E-state index contributed by atoms with van der Waals surface area (Å²) in [6, 6.07) is 13.1. The number of carbonyl (C=O) groups is 2. The summed E-state index contributed by atoms with van der Waals surface area (Å²) in [5, 5.41) is 13.2. The van der Waals surface area contributed by atoms with Crippen LogP contribution in [0.3, 0.4) is 0 Å². The maximum Gasteiger partial charge on any atom is 0.309 e. The van der Waals surface area contributed by atoms with Gasteiger partial charge in [0.2, 0.25) is 0 Å². The molecule has 0 unspecified atom stereocenters. The number of carbonyl (C=O) groups excluding carboxylic acids is 2. The molecule has 1 N–H and O–H groups in total. The average Bonchev–Trinajstić information content (AvgIpc) is 2.62. The van der Waals surface area contributed by atoms with E-state index in [4.69, 9.17) is 9.47 Å². The Morgan fingerprint density at radius 2 is 1.88 bits per heavy atom. The van der Waals surface area contributed by atoms with Crippen molar-refractivity contribution in [1.82, 2.24) is 0 Å². The summed E-state index contributed by atoms with van der Waals surface area (Å²) in [6.45, 7) is 1.34. The molecule has 2 rings (SSSR count). The highest BCUT2D eigenvalue weighted by Crippen LogP contribution is 2.21. The first kappa shape index (κ1) is 18.9. The smallest absolute Gasteiger partial charge is 0.309 e. The number of para-hydroxylation sites is 1. The van der Waals surface area contributed by atoms with Crippen LogP contribution in [0.15, 0.2) is 48.5 Å². The van der Waals surface area contributed by atoms with E-state index in [0.29, 0.717) is 17.0 Å². The minimum atomic E-state index is -0.559. The number of hydrogen-bond acceptors (Lipinski definition) is 6. The van der Waals surface area contributed by atoms with Crippen LogP contribution in [0.4, 0.5) is 11.4 Å². The predicted octanol–water partition coefficient (Wildman–Crippen LogP) is 2.85. The molecule has 2 aromatic carbocycles. The Morgan fingerprint density at radius 3 is 2.54 bits per heavy atom. The third kappa shape index (κ3) is 5.90. The average molecular weight is 358 g/mol. The molecule has 136 valence electrons. The molecular weight excluding hydrogens is 340 g/mol. The zero-order chi connectivity index (χ0) is 18.9. The van der Waals surface area contributed by atoms with Crippen molar-refractivity contribution in [2.45, 2.75) is 13.3 Å². The van der Waals surface area contributed by atoms with Gasteiger partial charge in [-0.3, -0.25) is 19.7 Å². The van der Waals surface area contributed by atoms with Gasteiger partial charge in [-0.2, -0.15) is 0 Å². The largest absolute Gasteiger partial charge is 0.493 e. The van der Waals surface area contributed by atoms with Gasteiger partial charge in [0.25, 0.3) is 11.6 Å². The third-order valence-corrected chi connectivity index (χ3v) is 3.38. The van der Waals surface area contributed by atoms with Crippen LogP contribution < -0.4 is 10.1 Å². The lowest BCUT2D eigenvalue weighted by molar-refractivity contribution is -0.384. The molecular formula is C18H18N2O6. The van der Waals surface area contributed by atoms with Gasteiger partial charge in [-0.05, 0) is 30.7 Å². The Hall–Kier alpha value is -3.42. The van der Waals surface area contributed by atoms with Crippen molar-refractivity contribution in [2.75, 3.05) is 18.5 Å². The third-order valence-electron chi connectivity index (χ3n) is 3.38. The molecule has 0 radical (unpaired) electrons. The maximum absolute atomic E-state index is 11.8. The number of benzene rings is 2. The van der Waals surface area contributed by atoms with Crippen molar-refractivity contribution >= 4 is 23.3 Å². The fourth-order valence-electron chi connectivity index (χ4n) is 2.08. The van der Waals surface area contributed by atoms with Gasteiger partial charge in [-0.1, -0.05) is 18.2 Å². The number of esters is 1. The second kappa shape index (κ2) is 9.16. The molecule has 2 aromatic rings. The van der Waals surface area contributed by atoms with E-state index in [9.17, 15) is 19.7 Å². The minimum Gasteiger partial charge on any atom is -0.493 e. The molecule has 0 aliphatic carbocycles.